The molecule has 0 unspecified atom stereocenters. The van der Waals surface area contributed by atoms with Crippen molar-refractivity contribution in [2.75, 3.05) is 21.3 Å². The molecule has 0 bridgehead atoms. The number of ether oxygens (including phenoxy) is 3. The molecule has 0 spiro atoms. The average molecular weight is 436 g/mol. The van der Waals surface area contributed by atoms with E-state index in [0.29, 0.717) is 34.5 Å². The number of methoxy groups -OCH3 is 3. The van der Waals surface area contributed by atoms with Crippen LogP contribution in [0.3, 0.4) is 0 Å². The van der Waals surface area contributed by atoms with Crippen molar-refractivity contribution in [1.29, 1.82) is 0 Å². The fourth-order valence-corrected chi connectivity index (χ4v) is 4.29. The number of rotatable bonds is 9. The largest absolute Gasteiger partial charge is 0.660 e. The van der Waals surface area contributed by atoms with Crippen molar-refractivity contribution < 1.29 is 27.8 Å². The van der Waals surface area contributed by atoms with E-state index in [4.69, 9.17) is 39.0 Å². The van der Waals surface area contributed by atoms with Gasteiger partial charge in [0.05, 0.1) is 21.3 Å². The normalized spacial score (nSPS) is 10.8. The molecule has 152 valence electrons. The quantitative estimate of drug-likeness (QED) is 0.375. The summed E-state index contributed by atoms with van der Waals surface area (Å²) < 4.78 is 33.3. The number of benzene rings is 3. The SMILES string of the molecule is COc1ccc(O[P+](Cl)(Oc2ccc(OC)cc2)Oc2ccc(OC)cc2)cc1. The first kappa shape index (κ1) is 20.9. The summed E-state index contributed by atoms with van der Waals surface area (Å²) in [5.41, 5.74) is 0. The topological polar surface area (TPSA) is 55.4 Å². The summed E-state index contributed by atoms with van der Waals surface area (Å²) in [5.74, 6) is 3.54. The van der Waals surface area contributed by atoms with Crippen molar-refractivity contribution in [3.05, 3.63) is 72.8 Å². The molecule has 0 saturated carbocycles. The molecule has 0 aromatic heterocycles. The minimum atomic E-state index is -3.36. The Morgan fingerprint density at radius 3 is 0.862 bits per heavy atom. The molecule has 0 N–H and O–H groups in total. The van der Waals surface area contributed by atoms with Gasteiger partial charge in [-0.2, -0.15) is 0 Å². The lowest BCUT2D eigenvalue weighted by Gasteiger charge is -2.16. The minimum Gasteiger partial charge on any atom is -0.497 e. The Morgan fingerprint density at radius 2 is 0.655 bits per heavy atom. The Balaban J connectivity index is 1.84. The molecule has 3 aromatic rings. The van der Waals surface area contributed by atoms with Gasteiger partial charge in [0, 0.05) is 0 Å². The molecule has 0 atom stereocenters. The smallest absolute Gasteiger partial charge is 0.497 e. The van der Waals surface area contributed by atoms with Crippen molar-refractivity contribution in [2.45, 2.75) is 0 Å². The number of hydrogen-bond donors (Lipinski definition) is 0. The first-order valence-corrected chi connectivity index (χ1v) is 11.1. The van der Waals surface area contributed by atoms with E-state index in [9.17, 15) is 0 Å². The van der Waals surface area contributed by atoms with E-state index < -0.39 is 7.30 Å². The second kappa shape index (κ2) is 9.59. The Bertz CT molecular complexity index is 780. The molecule has 0 aliphatic heterocycles. The third kappa shape index (κ3) is 5.83. The zero-order valence-corrected chi connectivity index (χ0v) is 17.9. The molecule has 0 fully saturated rings. The van der Waals surface area contributed by atoms with E-state index >= 15 is 0 Å². The first-order chi connectivity index (χ1) is 14.0. The molecular formula is C21H21ClO6P+. The van der Waals surface area contributed by atoms with Gasteiger partial charge >= 0.3 is 7.30 Å². The summed E-state index contributed by atoms with van der Waals surface area (Å²) in [7, 11) is 1.42. The van der Waals surface area contributed by atoms with Gasteiger partial charge in [0.25, 0.3) is 0 Å². The van der Waals surface area contributed by atoms with Crippen LogP contribution in [0.2, 0.25) is 0 Å². The number of hydrogen-bond acceptors (Lipinski definition) is 6. The lowest BCUT2D eigenvalue weighted by atomic mass is 10.3. The van der Waals surface area contributed by atoms with E-state index in [2.05, 4.69) is 0 Å². The van der Waals surface area contributed by atoms with Gasteiger partial charge in [-0.1, -0.05) is 0 Å². The maximum atomic E-state index is 6.71. The highest BCUT2D eigenvalue weighted by molar-refractivity contribution is 7.88. The minimum absolute atomic E-state index is 0.483. The van der Waals surface area contributed by atoms with Gasteiger partial charge in [-0.15, -0.1) is 0 Å². The van der Waals surface area contributed by atoms with E-state index in [1.807, 2.05) is 0 Å². The summed E-state index contributed by atoms with van der Waals surface area (Å²) in [5, 5.41) is 0. The van der Waals surface area contributed by atoms with Gasteiger partial charge in [-0.05, 0) is 72.8 Å². The molecule has 0 heterocycles. The van der Waals surface area contributed by atoms with Gasteiger partial charge in [-0.25, -0.2) is 0 Å². The molecule has 0 aliphatic rings. The Kier molecular flexibility index (Phi) is 6.91. The second-order valence-corrected chi connectivity index (χ2v) is 8.38. The Hall–Kier alpha value is -2.82. The Labute approximate surface area is 175 Å². The molecule has 0 radical (unpaired) electrons. The van der Waals surface area contributed by atoms with Crippen LogP contribution in [-0.4, -0.2) is 21.3 Å². The van der Waals surface area contributed by atoms with Crippen LogP contribution in [0.5, 0.6) is 34.5 Å². The Morgan fingerprint density at radius 1 is 0.448 bits per heavy atom. The van der Waals surface area contributed by atoms with Crippen molar-refractivity contribution in [3.8, 4) is 34.5 Å². The van der Waals surface area contributed by atoms with Crippen LogP contribution in [0.25, 0.3) is 0 Å². The lowest BCUT2D eigenvalue weighted by molar-refractivity contribution is 0.374. The van der Waals surface area contributed by atoms with Crippen LogP contribution in [0, 0.1) is 0 Å². The molecule has 6 nitrogen and oxygen atoms in total. The van der Waals surface area contributed by atoms with E-state index in [0.717, 1.165) is 0 Å². The molecule has 8 heteroatoms. The van der Waals surface area contributed by atoms with Crippen LogP contribution in [0.1, 0.15) is 0 Å². The lowest BCUT2D eigenvalue weighted by Crippen LogP contribution is -2.10. The molecule has 3 aromatic carbocycles. The monoisotopic (exact) mass is 435 g/mol. The fraction of sp³-hybridized carbons (Fsp3) is 0.143. The maximum absolute atomic E-state index is 6.71. The second-order valence-electron chi connectivity index (χ2n) is 5.73. The third-order valence-electron chi connectivity index (χ3n) is 3.82. The number of halogens is 1. The van der Waals surface area contributed by atoms with Crippen LogP contribution in [-0.2, 0) is 0 Å². The van der Waals surface area contributed by atoms with Gasteiger partial charge in [0.15, 0.2) is 17.2 Å². The van der Waals surface area contributed by atoms with Crippen LogP contribution < -0.4 is 27.8 Å². The highest BCUT2D eigenvalue weighted by atomic mass is 35.7. The summed E-state index contributed by atoms with van der Waals surface area (Å²) in [4.78, 5) is 0. The summed E-state index contributed by atoms with van der Waals surface area (Å²) >= 11 is 6.71. The van der Waals surface area contributed by atoms with E-state index in [-0.39, 0.29) is 0 Å². The highest BCUT2D eigenvalue weighted by Gasteiger charge is 2.50. The van der Waals surface area contributed by atoms with Gasteiger partial charge in [-0.3, -0.25) is 13.6 Å². The third-order valence-corrected chi connectivity index (χ3v) is 5.73. The van der Waals surface area contributed by atoms with Crippen LogP contribution >= 0.6 is 18.5 Å². The molecule has 0 aliphatic carbocycles. The standard InChI is InChI=1S/C21H21ClO6P/c1-23-16-4-10-19(11-5-16)26-29(22,27-20-12-6-17(24-2)7-13-20)28-21-14-8-18(25-3)9-15-21/h4-15H,1-3H3/q+1. The first-order valence-electron chi connectivity index (χ1n) is 8.63. The predicted octanol–water partition coefficient (Wildman–Crippen LogP) is 6.17. The van der Waals surface area contributed by atoms with Crippen LogP contribution in [0.4, 0.5) is 0 Å². The fourth-order valence-electron chi connectivity index (χ4n) is 2.34. The van der Waals surface area contributed by atoms with E-state index in [1.54, 1.807) is 94.1 Å². The average Bonchev–Trinajstić information content (AvgIpc) is 2.75. The molecule has 29 heavy (non-hydrogen) atoms. The zero-order valence-electron chi connectivity index (χ0n) is 16.2. The van der Waals surface area contributed by atoms with Crippen molar-refractivity contribution in [1.82, 2.24) is 0 Å². The molecule has 0 amide bonds. The van der Waals surface area contributed by atoms with Crippen molar-refractivity contribution >= 4 is 18.5 Å². The summed E-state index contributed by atoms with van der Waals surface area (Å²) in [6.45, 7) is 0. The van der Waals surface area contributed by atoms with Crippen molar-refractivity contribution in [3.63, 3.8) is 0 Å². The predicted molar refractivity (Wildman–Crippen MR) is 114 cm³/mol. The molecule has 3 rings (SSSR count). The summed E-state index contributed by atoms with van der Waals surface area (Å²) in [6.07, 6.45) is 0. The summed E-state index contributed by atoms with van der Waals surface area (Å²) in [6, 6.07) is 20.9. The molecule has 0 saturated heterocycles. The van der Waals surface area contributed by atoms with Gasteiger partial charge < -0.3 is 14.2 Å². The molecular weight excluding hydrogens is 415 g/mol. The maximum Gasteiger partial charge on any atom is 0.660 e. The highest BCUT2D eigenvalue weighted by Crippen LogP contribution is 2.65. The van der Waals surface area contributed by atoms with E-state index in [1.165, 1.54) is 0 Å². The van der Waals surface area contributed by atoms with Gasteiger partial charge in [0.2, 0.25) is 11.2 Å². The zero-order chi connectivity index (χ0) is 20.7. The van der Waals surface area contributed by atoms with Crippen molar-refractivity contribution in [2.24, 2.45) is 0 Å². The van der Waals surface area contributed by atoms with Crippen LogP contribution in [0.15, 0.2) is 72.8 Å². The van der Waals surface area contributed by atoms with Gasteiger partial charge in [0.1, 0.15) is 17.2 Å².